The molecular weight excluding hydrogens is 469 g/mol. The van der Waals surface area contributed by atoms with E-state index < -0.39 is 7.12 Å². The lowest BCUT2D eigenvalue weighted by atomic mass is 9.78. The number of rotatable bonds is 5. The van der Waals surface area contributed by atoms with Gasteiger partial charge in [0.05, 0.1) is 28.3 Å². The SMILES string of the molecule is Cn1nc(-c2ccc(C(c3ccccc3)c3ccccc3)nc2)c2ccc(B3OC(C)(C)C(C)(C)O3)cc21. The summed E-state index contributed by atoms with van der Waals surface area (Å²) in [6.45, 7) is 8.30. The number of aryl methyl sites for hydroxylation is 1. The molecular formula is C32H32BN3O2. The van der Waals surface area contributed by atoms with Crippen LogP contribution < -0.4 is 5.46 Å². The van der Waals surface area contributed by atoms with E-state index in [1.54, 1.807) is 0 Å². The van der Waals surface area contributed by atoms with Crippen molar-refractivity contribution in [3.63, 3.8) is 0 Å². The van der Waals surface area contributed by atoms with Crippen molar-refractivity contribution in [3.05, 3.63) is 114 Å². The predicted octanol–water partition coefficient (Wildman–Crippen LogP) is 6.11. The van der Waals surface area contributed by atoms with Crippen LogP contribution in [0.4, 0.5) is 0 Å². The van der Waals surface area contributed by atoms with Gasteiger partial charge in [-0.05, 0) is 62.5 Å². The molecule has 0 radical (unpaired) electrons. The molecule has 0 bridgehead atoms. The molecule has 5 aromatic rings. The lowest BCUT2D eigenvalue weighted by Gasteiger charge is -2.32. The van der Waals surface area contributed by atoms with Crippen molar-refractivity contribution in [2.75, 3.05) is 0 Å². The highest BCUT2D eigenvalue weighted by Gasteiger charge is 2.51. The summed E-state index contributed by atoms with van der Waals surface area (Å²) in [5.74, 6) is 0.0643. The monoisotopic (exact) mass is 501 g/mol. The first-order chi connectivity index (χ1) is 18.2. The van der Waals surface area contributed by atoms with Crippen molar-refractivity contribution in [2.24, 2.45) is 7.05 Å². The summed E-state index contributed by atoms with van der Waals surface area (Å²) in [4.78, 5) is 4.95. The first-order valence-electron chi connectivity index (χ1n) is 13.1. The maximum atomic E-state index is 6.28. The normalized spacial score (nSPS) is 16.4. The smallest absolute Gasteiger partial charge is 0.399 e. The second-order valence-electron chi connectivity index (χ2n) is 11.1. The zero-order valence-electron chi connectivity index (χ0n) is 22.6. The minimum Gasteiger partial charge on any atom is -0.399 e. The lowest BCUT2D eigenvalue weighted by molar-refractivity contribution is 0.00578. The van der Waals surface area contributed by atoms with Crippen molar-refractivity contribution >= 4 is 23.5 Å². The Morgan fingerprint density at radius 2 is 1.37 bits per heavy atom. The fraction of sp³-hybridized carbons (Fsp3) is 0.250. The molecule has 0 N–H and O–H groups in total. The number of aromatic nitrogens is 3. The van der Waals surface area contributed by atoms with Crippen LogP contribution in [0.25, 0.3) is 22.2 Å². The van der Waals surface area contributed by atoms with Crippen LogP contribution in [0, 0.1) is 0 Å². The van der Waals surface area contributed by atoms with Crippen LogP contribution in [-0.2, 0) is 16.4 Å². The van der Waals surface area contributed by atoms with Gasteiger partial charge in [0.25, 0.3) is 0 Å². The Morgan fingerprint density at radius 3 is 1.92 bits per heavy atom. The van der Waals surface area contributed by atoms with Gasteiger partial charge >= 0.3 is 7.12 Å². The molecule has 1 fully saturated rings. The average Bonchev–Trinajstić information content (AvgIpc) is 3.36. The summed E-state index contributed by atoms with van der Waals surface area (Å²) in [5.41, 5.74) is 6.62. The predicted molar refractivity (Wildman–Crippen MR) is 153 cm³/mol. The lowest BCUT2D eigenvalue weighted by Crippen LogP contribution is -2.41. The molecule has 3 aromatic carbocycles. The molecule has 0 amide bonds. The van der Waals surface area contributed by atoms with Gasteiger partial charge in [0.1, 0.15) is 5.69 Å². The number of pyridine rings is 1. The summed E-state index contributed by atoms with van der Waals surface area (Å²) in [6, 6.07) is 31.6. The quantitative estimate of drug-likeness (QED) is 0.273. The van der Waals surface area contributed by atoms with Crippen LogP contribution >= 0.6 is 0 Å². The number of fused-ring (bicyclic) bond motifs is 1. The van der Waals surface area contributed by atoms with E-state index in [0.717, 1.165) is 33.3 Å². The molecule has 6 rings (SSSR count). The molecule has 0 spiro atoms. The molecule has 0 aliphatic carbocycles. The molecule has 38 heavy (non-hydrogen) atoms. The maximum Gasteiger partial charge on any atom is 0.494 e. The molecule has 3 heterocycles. The zero-order chi connectivity index (χ0) is 26.5. The van der Waals surface area contributed by atoms with Crippen molar-refractivity contribution in [1.82, 2.24) is 14.8 Å². The van der Waals surface area contributed by atoms with E-state index in [0.29, 0.717) is 0 Å². The second-order valence-corrected chi connectivity index (χ2v) is 11.1. The molecule has 6 heteroatoms. The Balaban J connectivity index is 1.34. The number of nitrogens with zero attached hydrogens (tertiary/aromatic N) is 3. The van der Waals surface area contributed by atoms with Crippen molar-refractivity contribution in [3.8, 4) is 11.3 Å². The van der Waals surface area contributed by atoms with Crippen LogP contribution in [0.5, 0.6) is 0 Å². The summed E-state index contributed by atoms with van der Waals surface area (Å²) in [7, 11) is 1.57. The number of hydrogen-bond donors (Lipinski definition) is 0. The highest BCUT2D eigenvalue weighted by atomic mass is 16.7. The number of benzene rings is 3. The van der Waals surface area contributed by atoms with Crippen LogP contribution in [0.2, 0.25) is 0 Å². The molecule has 1 aliphatic heterocycles. The largest absolute Gasteiger partial charge is 0.494 e. The minimum absolute atomic E-state index is 0.0643. The fourth-order valence-electron chi connectivity index (χ4n) is 5.15. The molecule has 0 atom stereocenters. The first-order valence-corrected chi connectivity index (χ1v) is 13.1. The van der Waals surface area contributed by atoms with E-state index in [4.69, 9.17) is 19.4 Å². The van der Waals surface area contributed by atoms with E-state index in [1.807, 2.05) is 30.1 Å². The van der Waals surface area contributed by atoms with Gasteiger partial charge < -0.3 is 9.31 Å². The third-order valence-electron chi connectivity index (χ3n) is 8.02. The van der Waals surface area contributed by atoms with Crippen LogP contribution in [0.1, 0.15) is 50.4 Å². The molecule has 1 aliphatic rings. The molecule has 5 nitrogen and oxygen atoms in total. The van der Waals surface area contributed by atoms with E-state index in [-0.39, 0.29) is 17.1 Å². The third-order valence-corrected chi connectivity index (χ3v) is 8.02. The molecule has 1 saturated heterocycles. The highest BCUT2D eigenvalue weighted by molar-refractivity contribution is 6.62. The second kappa shape index (κ2) is 9.23. The molecule has 0 unspecified atom stereocenters. The third kappa shape index (κ3) is 4.24. The van der Waals surface area contributed by atoms with Gasteiger partial charge in [0, 0.05) is 24.2 Å². The van der Waals surface area contributed by atoms with E-state index >= 15 is 0 Å². The Labute approximate surface area is 224 Å². The maximum absolute atomic E-state index is 6.28. The van der Waals surface area contributed by atoms with Gasteiger partial charge in [-0.15, -0.1) is 0 Å². The van der Waals surface area contributed by atoms with E-state index in [2.05, 4.69) is 107 Å². The van der Waals surface area contributed by atoms with Crippen molar-refractivity contribution < 1.29 is 9.31 Å². The number of hydrogen-bond acceptors (Lipinski definition) is 4. The summed E-state index contributed by atoms with van der Waals surface area (Å²) >= 11 is 0. The van der Waals surface area contributed by atoms with Gasteiger partial charge in [-0.3, -0.25) is 9.67 Å². The molecule has 190 valence electrons. The van der Waals surface area contributed by atoms with Gasteiger partial charge in [0.15, 0.2) is 0 Å². The van der Waals surface area contributed by atoms with Gasteiger partial charge in [0.2, 0.25) is 0 Å². The van der Waals surface area contributed by atoms with Crippen molar-refractivity contribution in [2.45, 2.75) is 44.8 Å². The van der Waals surface area contributed by atoms with Crippen molar-refractivity contribution in [1.29, 1.82) is 0 Å². The molecule has 2 aromatic heterocycles. The summed E-state index contributed by atoms with van der Waals surface area (Å²) in [6.07, 6.45) is 1.94. The summed E-state index contributed by atoms with van der Waals surface area (Å²) < 4.78 is 14.5. The van der Waals surface area contributed by atoms with Gasteiger partial charge in [-0.1, -0.05) is 72.8 Å². The van der Waals surface area contributed by atoms with E-state index in [1.165, 1.54) is 11.1 Å². The highest BCUT2D eigenvalue weighted by Crippen LogP contribution is 2.37. The van der Waals surface area contributed by atoms with Crippen LogP contribution in [-0.4, -0.2) is 33.1 Å². The Bertz CT molecular complexity index is 1520. The van der Waals surface area contributed by atoms with E-state index in [9.17, 15) is 0 Å². The Hall–Kier alpha value is -3.74. The average molecular weight is 501 g/mol. The fourth-order valence-corrected chi connectivity index (χ4v) is 5.15. The standard InChI is InChI=1S/C32H32BN3O2/c1-31(2)32(3,4)38-33(37-31)25-17-18-26-28(20-25)36(5)35-30(26)24-16-19-27(34-21-24)29(22-12-8-6-9-13-22)23-14-10-7-11-15-23/h6-21,29H,1-5H3. The topological polar surface area (TPSA) is 49.2 Å². The van der Waals surface area contributed by atoms with Gasteiger partial charge in [-0.2, -0.15) is 5.10 Å². The zero-order valence-corrected chi connectivity index (χ0v) is 22.6. The van der Waals surface area contributed by atoms with Crippen LogP contribution in [0.15, 0.2) is 97.2 Å². The Morgan fingerprint density at radius 1 is 0.763 bits per heavy atom. The first kappa shape index (κ1) is 24.6. The minimum atomic E-state index is -0.406. The molecule has 0 saturated carbocycles. The summed E-state index contributed by atoms with van der Waals surface area (Å²) in [5, 5.41) is 5.94. The van der Waals surface area contributed by atoms with Crippen LogP contribution in [0.3, 0.4) is 0 Å². The Kier molecular flexibility index (Phi) is 5.97. The van der Waals surface area contributed by atoms with Gasteiger partial charge in [-0.25, -0.2) is 0 Å².